The second-order valence-electron chi connectivity index (χ2n) is 5.60. The minimum absolute atomic E-state index is 0.229. The van der Waals surface area contributed by atoms with E-state index in [9.17, 15) is 5.11 Å². The third kappa shape index (κ3) is 3.56. The molecular formula is C16H22N2O. The molecule has 0 aliphatic carbocycles. The molecule has 19 heavy (non-hydrogen) atoms. The molecule has 0 amide bonds. The normalized spacial score (nSPS) is 21.3. The highest BCUT2D eigenvalue weighted by Crippen LogP contribution is 2.24. The molecule has 102 valence electrons. The average Bonchev–Trinajstić information content (AvgIpc) is 2.78. The fraction of sp³-hybridized carbons (Fsp3) is 0.562. The Morgan fingerprint density at radius 1 is 1.53 bits per heavy atom. The van der Waals surface area contributed by atoms with Crippen LogP contribution >= 0.6 is 0 Å². The van der Waals surface area contributed by atoms with Crippen LogP contribution in [0.4, 0.5) is 0 Å². The molecule has 0 bridgehead atoms. The molecule has 3 heteroatoms. The van der Waals surface area contributed by atoms with Gasteiger partial charge in [-0.1, -0.05) is 6.07 Å². The molecule has 1 N–H and O–H groups in total. The molecular weight excluding hydrogens is 236 g/mol. The summed E-state index contributed by atoms with van der Waals surface area (Å²) in [5.74, 6) is 0. The smallest absolute Gasteiger partial charge is 0.0991 e. The van der Waals surface area contributed by atoms with Crippen LogP contribution in [-0.4, -0.2) is 28.7 Å². The van der Waals surface area contributed by atoms with Crippen LogP contribution in [0, 0.1) is 18.3 Å². The molecule has 1 aliphatic rings. The number of aliphatic hydroxyl groups excluding tert-OH is 1. The maximum Gasteiger partial charge on any atom is 0.0991 e. The Balaban J connectivity index is 2.06. The van der Waals surface area contributed by atoms with E-state index in [0.29, 0.717) is 6.04 Å². The van der Waals surface area contributed by atoms with E-state index in [1.165, 1.54) is 24.0 Å². The van der Waals surface area contributed by atoms with Crippen LogP contribution in [0.5, 0.6) is 0 Å². The Morgan fingerprint density at radius 2 is 2.32 bits per heavy atom. The molecule has 0 radical (unpaired) electrons. The van der Waals surface area contributed by atoms with Gasteiger partial charge >= 0.3 is 0 Å². The first-order valence-corrected chi connectivity index (χ1v) is 7.02. The molecule has 1 aromatic rings. The highest BCUT2D eigenvalue weighted by Gasteiger charge is 2.25. The van der Waals surface area contributed by atoms with E-state index in [4.69, 9.17) is 5.26 Å². The lowest BCUT2D eigenvalue weighted by Gasteiger charge is -2.26. The van der Waals surface area contributed by atoms with Crippen LogP contribution in [0.15, 0.2) is 18.2 Å². The van der Waals surface area contributed by atoms with Crippen LogP contribution in [0.3, 0.4) is 0 Å². The molecule has 3 nitrogen and oxygen atoms in total. The van der Waals surface area contributed by atoms with Gasteiger partial charge in [0.05, 0.1) is 17.7 Å². The second kappa shape index (κ2) is 6.18. The van der Waals surface area contributed by atoms with Crippen molar-refractivity contribution >= 4 is 0 Å². The lowest BCUT2D eigenvalue weighted by molar-refractivity contribution is 0.130. The monoisotopic (exact) mass is 258 g/mol. The summed E-state index contributed by atoms with van der Waals surface area (Å²) >= 11 is 0. The number of hydrogen-bond donors (Lipinski definition) is 1. The van der Waals surface area contributed by atoms with Crippen molar-refractivity contribution in [2.75, 3.05) is 6.54 Å². The maximum absolute atomic E-state index is 9.56. The summed E-state index contributed by atoms with van der Waals surface area (Å²) in [6.45, 7) is 5.96. The van der Waals surface area contributed by atoms with E-state index in [1.807, 2.05) is 19.1 Å². The number of hydrogen-bond acceptors (Lipinski definition) is 3. The van der Waals surface area contributed by atoms with Gasteiger partial charge in [0.25, 0.3) is 0 Å². The molecule has 1 aliphatic heterocycles. The van der Waals surface area contributed by atoms with Crippen molar-refractivity contribution in [3.8, 4) is 6.07 Å². The summed E-state index contributed by atoms with van der Waals surface area (Å²) in [4.78, 5) is 2.46. The molecule has 2 atom stereocenters. The minimum atomic E-state index is -0.229. The van der Waals surface area contributed by atoms with Crippen LogP contribution < -0.4 is 0 Å². The predicted octanol–water partition coefficient (Wildman–Crippen LogP) is 2.60. The van der Waals surface area contributed by atoms with Crippen molar-refractivity contribution in [3.05, 3.63) is 34.9 Å². The molecule has 2 unspecified atom stereocenters. The Labute approximate surface area is 115 Å². The number of nitriles is 1. The van der Waals surface area contributed by atoms with E-state index in [1.54, 1.807) is 0 Å². The zero-order chi connectivity index (χ0) is 13.8. The molecule has 0 saturated carbocycles. The van der Waals surface area contributed by atoms with Gasteiger partial charge < -0.3 is 5.11 Å². The first-order valence-electron chi connectivity index (χ1n) is 7.02. The fourth-order valence-corrected chi connectivity index (χ4v) is 2.93. The molecule has 1 aromatic carbocycles. The quantitative estimate of drug-likeness (QED) is 0.903. The van der Waals surface area contributed by atoms with Gasteiger partial charge in [0.1, 0.15) is 0 Å². The topological polar surface area (TPSA) is 47.3 Å². The van der Waals surface area contributed by atoms with Crippen LogP contribution in [0.1, 0.15) is 42.9 Å². The lowest BCUT2D eigenvalue weighted by Crippen LogP contribution is -2.31. The third-order valence-electron chi connectivity index (χ3n) is 3.96. The van der Waals surface area contributed by atoms with Crippen LogP contribution in [0.25, 0.3) is 0 Å². The predicted molar refractivity (Wildman–Crippen MR) is 75.6 cm³/mol. The molecule has 2 rings (SSSR count). The Morgan fingerprint density at radius 3 is 2.95 bits per heavy atom. The van der Waals surface area contributed by atoms with E-state index in [-0.39, 0.29) is 6.10 Å². The standard InChI is InChI=1S/C16H22N2O/c1-12-8-14(10-17)5-6-15(12)11-18-7-3-4-16(18)9-13(2)19/h5-6,8,13,16,19H,3-4,7,9,11H2,1-2H3. The fourth-order valence-electron chi connectivity index (χ4n) is 2.93. The van der Waals surface area contributed by atoms with Gasteiger partial charge in [-0.25, -0.2) is 0 Å². The van der Waals surface area contributed by atoms with E-state index < -0.39 is 0 Å². The third-order valence-corrected chi connectivity index (χ3v) is 3.96. The summed E-state index contributed by atoms with van der Waals surface area (Å²) in [5.41, 5.74) is 3.20. The maximum atomic E-state index is 9.56. The zero-order valence-electron chi connectivity index (χ0n) is 11.8. The summed E-state index contributed by atoms with van der Waals surface area (Å²) in [7, 11) is 0. The van der Waals surface area contributed by atoms with Crippen molar-refractivity contribution in [1.29, 1.82) is 5.26 Å². The van der Waals surface area contributed by atoms with Gasteiger partial charge in [-0.2, -0.15) is 5.26 Å². The number of benzene rings is 1. The molecule has 1 fully saturated rings. The molecule has 0 spiro atoms. The number of aliphatic hydroxyl groups is 1. The number of likely N-dealkylation sites (tertiary alicyclic amines) is 1. The van der Waals surface area contributed by atoms with E-state index >= 15 is 0 Å². The average molecular weight is 258 g/mol. The van der Waals surface area contributed by atoms with Gasteiger partial charge in [0.2, 0.25) is 0 Å². The Hall–Kier alpha value is -1.37. The number of aryl methyl sites for hydroxylation is 1. The zero-order valence-corrected chi connectivity index (χ0v) is 11.8. The van der Waals surface area contributed by atoms with E-state index in [2.05, 4.69) is 24.0 Å². The first-order chi connectivity index (χ1) is 9.10. The van der Waals surface area contributed by atoms with Gasteiger partial charge in [0.15, 0.2) is 0 Å². The molecule has 1 saturated heterocycles. The number of rotatable bonds is 4. The SMILES string of the molecule is Cc1cc(C#N)ccc1CN1CCCC1CC(C)O. The highest BCUT2D eigenvalue weighted by atomic mass is 16.3. The van der Waals surface area contributed by atoms with Crippen molar-refractivity contribution in [2.24, 2.45) is 0 Å². The van der Waals surface area contributed by atoms with Gasteiger partial charge in [-0.3, -0.25) is 4.90 Å². The first kappa shape index (κ1) is 14.0. The van der Waals surface area contributed by atoms with Crippen molar-refractivity contribution in [2.45, 2.75) is 51.8 Å². The van der Waals surface area contributed by atoms with Crippen LogP contribution in [-0.2, 0) is 6.54 Å². The van der Waals surface area contributed by atoms with Crippen molar-refractivity contribution in [3.63, 3.8) is 0 Å². The van der Waals surface area contributed by atoms with E-state index in [0.717, 1.165) is 25.1 Å². The summed E-state index contributed by atoms with van der Waals surface area (Å²) < 4.78 is 0. The van der Waals surface area contributed by atoms with Gasteiger partial charge in [0, 0.05) is 12.6 Å². The summed E-state index contributed by atoms with van der Waals surface area (Å²) in [5, 5.41) is 18.4. The Bertz CT molecular complexity index is 476. The van der Waals surface area contributed by atoms with Gasteiger partial charge in [-0.15, -0.1) is 0 Å². The largest absolute Gasteiger partial charge is 0.393 e. The van der Waals surface area contributed by atoms with Crippen molar-refractivity contribution < 1.29 is 5.11 Å². The summed E-state index contributed by atoms with van der Waals surface area (Å²) in [6.07, 6.45) is 3.02. The number of nitrogens with zero attached hydrogens (tertiary/aromatic N) is 2. The minimum Gasteiger partial charge on any atom is -0.393 e. The van der Waals surface area contributed by atoms with Crippen molar-refractivity contribution in [1.82, 2.24) is 4.90 Å². The second-order valence-corrected chi connectivity index (χ2v) is 5.60. The van der Waals surface area contributed by atoms with Crippen LogP contribution in [0.2, 0.25) is 0 Å². The molecule has 1 heterocycles. The summed E-state index contributed by atoms with van der Waals surface area (Å²) in [6, 6.07) is 8.58. The highest BCUT2D eigenvalue weighted by molar-refractivity contribution is 5.37. The molecule has 0 aromatic heterocycles. The van der Waals surface area contributed by atoms with Gasteiger partial charge in [-0.05, 0) is 62.9 Å². The Kier molecular flexibility index (Phi) is 4.57. The lowest BCUT2D eigenvalue weighted by atomic mass is 10.0.